The Morgan fingerprint density at radius 3 is 2.59 bits per heavy atom. The fourth-order valence-corrected chi connectivity index (χ4v) is 6.26. The summed E-state index contributed by atoms with van der Waals surface area (Å²) >= 11 is 1.19. The highest BCUT2D eigenvalue weighted by Gasteiger charge is 2.55. The van der Waals surface area contributed by atoms with Crippen molar-refractivity contribution in [3.8, 4) is 11.5 Å². The van der Waals surface area contributed by atoms with E-state index in [9.17, 15) is 18.4 Å². The van der Waals surface area contributed by atoms with Crippen LogP contribution in [0.25, 0.3) is 6.08 Å². The third kappa shape index (κ3) is 4.40. The van der Waals surface area contributed by atoms with Gasteiger partial charge in [0.05, 0.1) is 10.6 Å². The van der Waals surface area contributed by atoms with Crippen molar-refractivity contribution in [1.82, 2.24) is 4.57 Å². The summed E-state index contributed by atoms with van der Waals surface area (Å²) in [5.74, 6) is -0.542. The van der Waals surface area contributed by atoms with E-state index in [2.05, 4.69) is 10.1 Å². The lowest BCUT2D eigenvalue weighted by Crippen LogP contribution is -2.59. The Morgan fingerprint density at radius 2 is 1.85 bits per heavy atom. The Bertz CT molecular complexity index is 1770. The number of alkyl halides is 2. The molecule has 0 aliphatic carbocycles. The van der Waals surface area contributed by atoms with E-state index in [0.717, 1.165) is 11.1 Å². The first-order valence-electron chi connectivity index (χ1n) is 12.3. The Balaban J connectivity index is 1.47. The van der Waals surface area contributed by atoms with Crippen LogP contribution >= 0.6 is 11.3 Å². The molecule has 198 valence electrons. The van der Waals surface area contributed by atoms with Crippen molar-refractivity contribution in [2.75, 3.05) is 5.32 Å². The molecule has 2 bridgehead atoms. The highest BCUT2D eigenvalue weighted by Crippen LogP contribution is 2.47. The number of benzene rings is 3. The van der Waals surface area contributed by atoms with Crippen LogP contribution in [0.5, 0.6) is 11.5 Å². The van der Waals surface area contributed by atoms with Gasteiger partial charge >= 0.3 is 6.61 Å². The number of aryl methyl sites for hydroxylation is 1. The highest BCUT2D eigenvalue weighted by molar-refractivity contribution is 7.07. The summed E-state index contributed by atoms with van der Waals surface area (Å²) in [4.78, 5) is 32.9. The average molecular weight is 548 g/mol. The van der Waals surface area contributed by atoms with Gasteiger partial charge in [-0.2, -0.15) is 8.78 Å². The predicted molar refractivity (Wildman–Crippen MR) is 143 cm³/mol. The third-order valence-electron chi connectivity index (χ3n) is 6.97. The monoisotopic (exact) mass is 547 g/mol. The molecule has 0 fully saturated rings. The van der Waals surface area contributed by atoms with Gasteiger partial charge in [0.15, 0.2) is 4.80 Å². The lowest BCUT2D eigenvalue weighted by molar-refractivity contribution is -0.131. The number of rotatable bonds is 5. The summed E-state index contributed by atoms with van der Waals surface area (Å²) in [6.45, 7) is 0.749. The first-order valence-corrected chi connectivity index (χ1v) is 13.1. The number of amides is 1. The van der Waals surface area contributed by atoms with E-state index in [1.165, 1.54) is 23.5 Å². The predicted octanol–water partition coefficient (Wildman–Crippen LogP) is 4.23. The molecule has 0 radical (unpaired) electrons. The van der Waals surface area contributed by atoms with Crippen molar-refractivity contribution in [3.63, 3.8) is 0 Å². The molecule has 3 aromatic carbocycles. The number of nitrogens with zero attached hydrogens (tertiary/aromatic N) is 2. The average Bonchev–Trinajstić information content (AvgIpc) is 3.18. The van der Waals surface area contributed by atoms with E-state index in [4.69, 9.17) is 9.73 Å². The van der Waals surface area contributed by atoms with Gasteiger partial charge in [-0.15, -0.1) is 0 Å². The molecule has 3 heterocycles. The van der Waals surface area contributed by atoms with Crippen LogP contribution in [0.1, 0.15) is 29.7 Å². The zero-order valence-electron chi connectivity index (χ0n) is 20.9. The molecule has 3 atom stereocenters. The SMILES string of the molecule is Cc1ccccc1NC(=O)[C@@H]1[C@H]2c3ccccc3O[C@]1(C)N=c1s/c(=C/c3ccc(OC(F)F)cc3)c(=O)n12. The Morgan fingerprint density at radius 1 is 1.13 bits per heavy atom. The van der Waals surface area contributed by atoms with Gasteiger partial charge in [0.25, 0.3) is 5.56 Å². The van der Waals surface area contributed by atoms with Crippen LogP contribution in [0, 0.1) is 12.8 Å². The maximum Gasteiger partial charge on any atom is 0.387 e. The molecular formula is C29H23F2N3O4S. The zero-order chi connectivity index (χ0) is 27.3. The van der Waals surface area contributed by atoms with Crippen LogP contribution in [0.15, 0.2) is 82.6 Å². The summed E-state index contributed by atoms with van der Waals surface area (Å²) in [6, 6.07) is 20.2. The molecule has 0 saturated carbocycles. The molecule has 6 rings (SSSR count). The molecule has 1 N–H and O–H groups in total. The van der Waals surface area contributed by atoms with Gasteiger partial charge < -0.3 is 14.8 Å². The van der Waals surface area contributed by atoms with Crippen LogP contribution in [0.3, 0.4) is 0 Å². The smallest absolute Gasteiger partial charge is 0.387 e. The standard InChI is InChI=1S/C29H23F2N3O4S/c1-16-7-3-5-9-20(16)32-25(35)23-24-19-8-4-6-10-21(19)38-29(23,2)33-28-34(24)26(36)22(39-28)15-17-11-13-18(14-12-17)37-27(30)31/h3-15,23-24,27H,1-2H3,(H,32,35)/b22-15+/t23-,24+,29-/m0/s1. The Labute approximate surface area is 225 Å². The largest absolute Gasteiger partial charge is 0.465 e. The molecule has 0 unspecified atom stereocenters. The fraction of sp³-hybridized carbons (Fsp3) is 0.207. The second-order valence-electron chi connectivity index (χ2n) is 9.55. The number of ether oxygens (including phenoxy) is 2. The second kappa shape index (κ2) is 9.46. The van der Waals surface area contributed by atoms with Crippen LogP contribution in [-0.4, -0.2) is 22.8 Å². The topological polar surface area (TPSA) is 81.9 Å². The first-order chi connectivity index (χ1) is 18.7. The number of aromatic nitrogens is 1. The molecule has 2 aliphatic rings. The van der Waals surface area contributed by atoms with Crippen molar-refractivity contribution >= 4 is 29.0 Å². The Hall–Kier alpha value is -4.31. The fourth-order valence-electron chi connectivity index (χ4n) is 5.16. The molecule has 7 nitrogen and oxygen atoms in total. The van der Waals surface area contributed by atoms with Gasteiger partial charge in [-0.25, -0.2) is 4.99 Å². The molecule has 1 aromatic heterocycles. The summed E-state index contributed by atoms with van der Waals surface area (Å²) in [7, 11) is 0. The minimum Gasteiger partial charge on any atom is -0.465 e. The quantitative estimate of drug-likeness (QED) is 0.406. The van der Waals surface area contributed by atoms with Crippen molar-refractivity contribution in [3.05, 3.63) is 109 Å². The van der Waals surface area contributed by atoms with E-state index in [-0.39, 0.29) is 17.2 Å². The zero-order valence-corrected chi connectivity index (χ0v) is 21.7. The Kier molecular flexibility index (Phi) is 6.06. The first kappa shape index (κ1) is 25.0. The van der Waals surface area contributed by atoms with Crippen LogP contribution < -0.4 is 29.7 Å². The minimum atomic E-state index is -2.92. The molecule has 4 aromatic rings. The maximum absolute atomic E-state index is 13.8. The minimum absolute atomic E-state index is 0.0253. The van der Waals surface area contributed by atoms with Crippen molar-refractivity contribution < 1.29 is 23.0 Å². The number of carbonyl (C=O) groups excluding carboxylic acids is 1. The summed E-state index contributed by atoms with van der Waals surface area (Å²) in [6.07, 6.45) is 1.67. The van der Waals surface area contributed by atoms with E-state index in [1.54, 1.807) is 29.7 Å². The maximum atomic E-state index is 13.8. The number of thiazole rings is 1. The van der Waals surface area contributed by atoms with Gasteiger partial charge in [0, 0.05) is 11.3 Å². The van der Waals surface area contributed by atoms with Gasteiger partial charge in [-0.1, -0.05) is 59.9 Å². The van der Waals surface area contributed by atoms with E-state index in [0.29, 0.717) is 26.3 Å². The number of hydrogen-bond acceptors (Lipinski definition) is 6. The number of carbonyl (C=O) groups is 1. The molecule has 0 spiro atoms. The van der Waals surface area contributed by atoms with Crippen LogP contribution in [-0.2, 0) is 4.79 Å². The van der Waals surface area contributed by atoms with Crippen LogP contribution in [0.4, 0.5) is 14.5 Å². The molecule has 1 amide bonds. The van der Waals surface area contributed by atoms with E-state index in [1.807, 2.05) is 55.5 Å². The summed E-state index contributed by atoms with van der Waals surface area (Å²) in [5.41, 5.74) is 1.38. The number of para-hydroxylation sites is 2. The van der Waals surface area contributed by atoms with Crippen molar-refractivity contribution in [1.29, 1.82) is 0 Å². The van der Waals surface area contributed by atoms with Gasteiger partial charge in [0.1, 0.15) is 17.4 Å². The number of fused-ring (bicyclic) bond motifs is 6. The third-order valence-corrected chi connectivity index (χ3v) is 7.95. The molecule has 0 saturated heterocycles. The van der Waals surface area contributed by atoms with Gasteiger partial charge in [-0.05, 0) is 55.3 Å². The second-order valence-corrected chi connectivity index (χ2v) is 10.6. The lowest BCUT2D eigenvalue weighted by Gasteiger charge is -2.45. The summed E-state index contributed by atoms with van der Waals surface area (Å²) in [5, 5.41) is 3.02. The molecular weight excluding hydrogens is 524 g/mol. The molecule has 39 heavy (non-hydrogen) atoms. The lowest BCUT2D eigenvalue weighted by atomic mass is 9.80. The van der Waals surface area contributed by atoms with Crippen LogP contribution in [0.2, 0.25) is 0 Å². The van der Waals surface area contributed by atoms with Crippen molar-refractivity contribution in [2.24, 2.45) is 10.9 Å². The summed E-state index contributed by atoms with van der Waals surface area (Å²) < 4.78 is 37.7. The van der Waals surface area contributed by atoms with Gasteiger partial charge in [-0.3, -0.25) is 14.2 Å². The normalized spacial score (nSPS) is 21.4. The number of halogens is 2. The number of nitrogens with one attached hydrogen (secondary N) is 1. The number of hydrogen-bond donors (Lipinski definition) is 1. The highest BCUT2D eigenvalue weighted by atomic mass is 32.1. The molecule has 10 heteroatoms. The number of anilines is 1. The van der Waals surface area contributed by atoms with Gasteiger partial charge in [0.2, 0.25) is 11.6 Å². The van der Waals surface area contributed by atoms with Crippen molar-refractivity contribution in [2.45, 2.75) is 32.2 Å². The van der Waals surface area contributed by atoms with E-state index >= 15 is 0 Å². The molecule has 2 aliphatic heterocycles. The van der Waals surface area contributed by atoms with E-state index < -0.39 is 24.3 Å².